The number of rotatable bonds is 3. The van der Waals surface area contributed by atoms with Crippen LogP contribution in [0.1, 0.15) is 69.4 Å². The van der Waals surface area contributed by atoms with E-state index in [2.05, 4.69) is 47.6 Å². The molecule has 0 amide bonds. The van der Waals surface area contributed by atoms with Gasteiger partial charge in [-0.3, -0.25) is 0 Å². The quantitative estimate of drug-likeness (QED) is 0.608. The van der Waals surface area contributed by atoms with Crippen LogP contribution in [0.4, 0.5) is 0 Å². The maximum Gasteiger partial charge on any atom is 0.328 e. The monoisotopic (exact) mass is 380 g/mol. The fourth-order valence-corrected chi connectivity index (χ4v) is 3.53. The van der Waals surface area contributed by atoms with Gasteiger partial charge in [-0.15, -0.1) is 0 Å². The molecule has 3 heteroatoms. The molecule has 150 valence electrons. The standard InChI is InChI=1S/C25H32O3/c1-15-11-18(17(9-10-22(26)27)20(13-15)24(3,4)5)19-12-16(2)14-21(23(19)28)25(6,7)8/h9-14,28H,1-8H3,(H,26,27). The molecule has 0 atom stereocenters. The van der Waals surface area contributed by atoms with Gasteiger partial charge >= 0.3 is 5.97 Å². The third kappa shape index (κ3) is 4.64. The minimum absolute atomic E-state index is 0.175. The van der Waals surface area contributed by atoms with Gasteiger partial charge in [-0.2, -0.15) is 0 Å². The molecule has 0 fully saturated rings. The number of phenols is 1. The van der Waals surface area contributed by atoms with E-state index < -0.39 is 5.97 Å². The minimum atomic E-state index is -0.991. The number of hydrogen-bond donors (Lipinski definition) is 2. The van der Waals surface area contributed by atoms with Crippen molar-refractivity contribution in [3.63, 3.8) is 0 Å². The lowest BCUT2D eigenvalue weighted by Gasteiger charge is -2.27. The van der Waals surface area contributed by atoms with Crippen LogP contribution in [0, 0.1) is 13.8 Å². The highest BCUT2D eigenvalue weighted by atomic mass is 16.4. The van der Waals surface area contributed by atoms with Crippen LogP contribution in [-0.4, -0.2) is 16.2 Å². The number of benzene rings is 2. The predicted molar refractivity (Wildman–Crippen MR) is 117 cm³/mol. The van der Waals surface area contributed by atoms with Crippen molar-refractivity contribution >= 4 is 12.0 Å². The molecule has 0 bridgehead atoms. The molecule has 0 aromatic heterocycles. The van der Waals surface area contributed by atoms with Crippen molar-refractivity contribution in [2.24, 2.45) is 0 Å². The Kier molecular flexibility index (Phi) is 5.79. The molecule has 28 heavy (non-hydrogen) atoms. The molecule has 3 nitrogen and oxygen atoms in total. The number of hydrogen-bond acceptors (Lipinski definition) is 2. The lowest BCUT2D eigenvalue weighted by molar-refractivity contribution is -0.131. The maximum atomic E-state index is 11.2. The van der Waals surface area contributed by atoms with E-state index in [0.717, 1.165) is 38.9 Å². The topological polar surface area (TPSA) is 57.5 Å². The normalized spacial score (nSPS) is 12.6. The van der Waals surface area contributed by atoms with Crippen LogP contribution in [0.3, 0.4) is 0 Å². The summed E-state index contributed by atoms with van der Waals surface area (Å²) >= 11 is 0. The van der Waals surface area contributed by atoms with Crippen molar-refractivity contribution in [3.8, 4) is 16.9 Å². The van der Waals surface area contributed by atoms with E-state index in [9.17, 15) is 15.0 Å². The van der Waals surface area contributed by atoms with E-state index in [1.807, 2.05) is 32.0 Å². The Bertz CT molecular complexity index is 936. The van der Waals surface area contributed by atoms with E-state index in [4.69, 9.17) is 0 Å². The van der Waals surface area contributed by atoms with E-state index in [1.54, 1.807) is 6.08 Å². The molecule has 0 saturated heterocycles. The molecule has 2 N–H and O–H groups in total. The molecule has 0 aliphatic carbocycles. The van der Waals surface area contributed by atoms with E-state index >= 15 is 0 Å². The molecule has 0 heterocycles. The lowest BCUT2D eigenvalue weighted by atomic mass is 9.78. The lowest BCUT2D eigenvalue weighted by Crippen LogP contribution is -2.15. The molecule has 0 aliphatic heterocycles. The Morgan fingerprint density at radius 2 is 1.29 bits per heavy atom. The molecular formula is C25H32O3. The van der Waals surface area contributed by atoms with Crippen LogP contribution in [0.15, 0.2) is 30.3 Å². The van der Waals surface area contributed by atoms with Gasteiger partial charge in [0.2, 0.25) is 0 Å². The Labute approximate surface area is 168 Å². The zero-order valence-corrected chi connectivity index (χ0v) is 18.3. The van der Waals surface area contributed by atoms with Gasteiger partial charge in [-0.05, 0) is 59.1 Å². The smallest absolute Gasteiger partial charge is 0.328 e. The van der Waals surface area contributed by atoms with Crippen LogP contribution in [-0.2, 0) is 15.6 Å². The van der Waals surface area contributed by atoms with Crippen LogP contribution in [0.5, 0.6) is 5.75 Å². The molecule has 0 aliphatic rings. The van der Waals surface area contributed by atoms with Crippen LogP contribution in [0.25, 0.3) is 17.2 Å². The highest BCUT2D eigenvalue weighted by Crippen LogP contribution is 2.43. The first kappa shape index (κ1) is 21.7. The van der Waals surface area contributed by atoms with Crippen LogP contribution >= 0.6 is 0 Å². The Morgan fingerprint density at radius 1 is 0.821 bits per heavy atom. The summed E-state index contributed by atoms with van der Waals surface area (Å²) in [6.45, 7) is 16.6. The summed E-state index contributed by atoms with van der Waals surface area (Å²) < 4.78 is 0. The van der Waals surface area contributed by atoms with Gasteiger partial charge < -0.3 is 10.2 Å². The Balaban J connectivity index is 2.95. The molecule has 0 radical (unpaired) electrons. The highest BCUT2D eigenvalue weighted by Gasteiger charge is 2.25. The van der Waals surface area contributed by atoms with E-state index in [1.165, 1.54) is 6.08 Å². The molecule has 0 unspecified atom stereocenters. The van der Waals surface area contributed by atoms with Gasteiger partial charge in [-0.25, -0.2) is 4.79 Å². The first-order valence-corrected chi connectivity index (χ1v) is 9.62. The highest BCUT2D eigenvalue weighted by molar-refractivity contribution is 5.90. The number of aryl methyl sites for hydroxylation is 2. The molecule has 2 aromatic rings. The van der Waals surface area contributed by atoms with Crippen molar-refractivity contribution in [1.82, 2.24) is 0 Å². The van der Waals surface area contributed by atoms with Gasteiger partial charge in [0.1, 0.15) is 5.75 Å². The molecule has 0 spiro atoms. The van der Waals surface area contributed by atoms with Crippen LogP contribution in [0.2, 0.25) is 0 Å². The van der Waals surface area contributed by atoms with Gasteiger partial charge in [-0.1, -0.05) is 65.3 Å². The summed E-state index contributed by atoms with van der Waals surface area (Å²) in [5, 5.41) is 20.3. The summed E-state index contributed by atoms with van der Waals surface area (Å²) in [7, 11) is 0. The number of carboxylic acids is 1. The van der Waals surface area contributed by atoms with Crippen LogP contribution < -0.4 is 0 Å². The van der Waals surface area contributed by atoms with Gasteiger partial charge in [0.15, 0.2) is 0 Å². The number of aliphatic carboxylic acids is 1. The fourth-order valence-electron chi connectivity index (χ4n) is 3.53. The molecular weight excluding hydrogens is 348 g/mol. The second-order valence-corrected chi connectivity index (χ2v) is 9.65. The minimum Gasteiger partial charge on any atom is -0.507 e. The van der Waals surface area contributed by atoms with E-state index in [0.29, 0.717) is 0 Å². The summed E-state index contributed by atoms with van der Waals surface area (Å²) in [6, 6.07) is 8.12. The van der Waals surface area contributed by atoms with Gasteiger partial charge in [0.05, 0.1) is 0 Å². The second-order valence-electron chi connectivity index (χ2n) is 9.65. The molecule has 0 saturated carbocycles. The van der Waals surface area contributed by atoms with Crippen molar-refractivity contribution in [2.75, 3.05) is 0 Å². The first-order valence-electron chi connectivity index (χ1n) is 9.62. The summed E-state index contributed by atoms with van der Waals surface area (Å²) in [4.78, 5) is 11.2. The zero-order valence-electron chi connectivity index (χ0n) is 18.3. The second kappa shape index (κ2) is 7.46. The predicted octanol–water partition coefficient (Wildman–Crippen LogP) is 6.37. The third-order valence-electron chi connectivity index (χ3n) is 4.88. The van der Waals surface area contributed by atoms with Crippen molar-refractivity contribution < 1.29 is 15.0 Å². The SMILES string of the molecule is Cc1cc(-c2cc(C)cc(C(C)(C)C)c2C=CC(=O)O)c(O)c(C(C)(C)C)c1. The van der Waals surface area contributed by atoms with Crippen molar-refractivity contribution in [2.45, 2.75) is 66.2 Å². The largest absolute Gasteiger partial charge is 0.507 e. The number of phenolic OH excluding ortho intramolecular Hbond substituents is 1. The van der Waals surface area contributed by atoms with Gasteiger partial charge in [0, 0.05) is 17.2 Å². The van der Waals surface area contributed by atoms with Crippen molar-refractivity contribution in [3.05, 3.63) is 58.2 Å². The molecule has 2 aromatic carbocycles. The fraction of sp³-hybridized carbons (Fsp3) is 0.400. The summed E-state index contributed by atoms with van der Waals surface area (Å²) in [5.74, 6) is -0.733. The maximum absolute atomic E-state index is 11.2. The first-order chi connectivity index (χ1) is 12.7. The van der Waals surface area contributed by atoms with Crippen molar-refractivity contribution in [1.29, 1.82) is 0 Å². The summed E-state index contributed by atoms with van der Waals surface area (Å²) in [6.07, 6.45) is 2.82. The number of aromatic hydroxyl groups is 1. The average molecular weight is 381 g/mol. The van der Waals surface area contributed by atoms with Gasteiger partial charge in [0.25, 0.3) is 0 Å². The third-order valence-corrected chi connectivity index (χ3v) is 4.88. The summed E-state index contributed by atoms with van der Waals surface area (Å²) in [5.41, 5.74) is 6.12. The Morgan fingerprint density at radius 3 is 1.75 bits per heavy atom. The van der Waals surface area contributed by atoms with E-state index in [-0.39, 0.29) is 16.6 Å². The Hall–Kier alpha value is -2.55. The zero-order chi connectivity index (χ0) is 21.4. The number of carbonyl (C=O) groups is 1. The molecule has 2 rings (SSSR count). The number of carboxylic acid groups (broad SMARTS) is 1. The average Bonchev–Trinajstić information content (AvgIpc) is 2.52.